The van der Waals surface area contributed by atoms with Gasteiger partial charge in [0.15, 0.2) is 12.4 Å². The Labute approximate surface area is 153 Å². The highest BCUT2D eigenvalue weighted by Crippen LogP contribution is 2.37. The van der Waals surface area contributed by atoms with Crippen molar-refractivity contribution in [2.75, 3.05) is 19.0 Å². The number of carbonyl (C=O) groups is 2. The van der Waals surface area contributed by atoms with Gasteiger partial charge < -0.3 is 14.8 Å². The molecule has 0 spiro atoms. The lowest BCUT2D eigenvalue weighted by molar-refractivity contribution is -0.144. The van der Waals surface area contributed by atoms with Gasteiger partial charge >= 0.3 is 5.97 Å². The van der Waals surface area contributed by atoms with Crippen molar-refractivity contribution >= 4 is 17.7 Å². The van der Waals surface area contributed by atoms with Crippen molar-refractivity contribution < 1.29 is 23.5 Å². The van der Waals surface area contributed by atoms with Crippen LogP contribution in [0.25, 0.3) is 11.1 Å². The molecular formula is C18H13FN4O4. The monoisotopic (exact) mass is 368 g/mol. The summed E-state index contributed by atoms with van der Waals surface area (Å²) in [5.74, 6) is -2.54. The minimum atomic E-state index is -0.763. The fourth-order valence-corrected chi connectivity index (χ4v) is 2.28. The van der Waals surface area contributed by atoms with Crippen molar-refractivity contribution in [3.63, 3.8) is 0 Å². The zero-order valence-electron chi connectivity index (χ0n) is 14.4. The fraction of sp³-hybridized carbons (Fsp3) is 0.167. The zero-order valence-corrected chi connectivity index (χ0v) is 14.4. The van der Waals surface area contributed by atoms with E-state index in [1.54, 1.807) is 0 Å². The van der Waals surface area contributed by atoms with Gasteiger partial charge in [-0.25, -0.2) is 4.39 Å². The van der Waals surface area contributed by atoms with Crippen LogP contribution >= 0.6 is 0 Å². The van der Waals surface area contributed by atoms with Crippen molar-refractivity contribution in [1.29, 1.82) is 10.5 Å². The standard InChI is InChI=1S/C18H13FN4O4/c1-10(24)27-9-15(25)22-17-12(7-20)16(11-5-3-4-6-14(11)19)13(8-21)18(23-17)26-2/h3-6H,9H2,1-2H3,(H,22,23,25). The molecule has 0 aliphatic heterocycles. The van der Waals surface area contributed by atoms with E-state index in [9.17, 15) is 24.5 Å². The number of anilines is 1. The van der Waals surface area contributed by atoms with Gasteiger partial charge in [0.25, 0.3) is 5.91 Å². The molecule has 0 atom stereocenters. The summed E-state index contributed by atoms with van der Waals surface area (Å²) >= 11 is 0. The lowest BCUT2D eigenvalue weighted by Gasteiger charge is -2.15. The number of pyridine rings is 1. The van der Waals surface area contributed by atoms with E-state index in [2.05, 4.69) is 15.0 Å². The van der Waals surface area contributed by atoms with E-state index in [-0.39, 0.29) is 34.0 Å². The molecule has 2 rings (SSSR count). The Hall–Kier alpha value is -3.98. The molecule has 8 nitrogen and oxygen atoms in total. The number of carbonyl (C=O) groups excluding carboxylic acids is 2. The van der Waals surface area contributed by atoms with Gasteiger partial charge in [-0.3, -0.25) is 9.59 Å². The number of esters is 1. The summed E-state index contributed by atoms with van der Waals surface area (Å²) in [7, 11) is 1.24. The predicted molar refractivity (Wildman–Crippen MR) is 90.9 cm³/mol. The first-order valence-corrected chi connectivity index (χ1v) is 7.53. The minimum Gasteiger partial charge on any atom is -0.480 e. The Bertz CT molecular complexity index is 992. The maximum absolute atomic E-state index is 14.3. The molecule has 0 radical (unpaired) electrons. The summed E-state index contributed by atoms with van der Waals surface area (Å²) < 4.78 is 24.0. The maximum Gasteiger partial charge on any atom is 0.303 e. The molecule has 0 fully saturated rings. The van der Waals surface area contributed by atoms with Crippen molar-refractivity contribution in [3.8, 4) is 29.1 Å². The number of halogens is 1. The number of hydrogen-bond donors (Lipinski definition) is 1. The van der Waals surface area contributed by atoms with Gasteiger partial charge in [0.1, 0.15) is 29.1 Å². The van der Waals surface area contributed by atoms with E-state index in [1.165, 1.54) is 31.4 Å². The molecule has 1 aromatic heterocycles. The number of nitriles is 2. The lowest BCUT2D eigenvalue weighted by Crippen LogP contribution is -2.21. The number of ether oxygens (including phenoxy) is 2. The highest BCUT2D eigenvalue weighted by atomic mass is 19.1. The van der Waals surface area contributed by atoms with Crippen LogP contribution in [0.4, 0.5) is 10.2 Å². The molecule has 2 aromatic rings. The third-order valence-electron chi connectivity index (χ3n) is 3.39. The van der Waals surface area contributed by atoms with Crippen LogP contribution in [0.2, 0.25) is 0 Å². The second-order valence-corrected chi connectivity index (χ2v) is 5.13. The molecule has 0 unspecified atom stereocenters. The third kappa shape index (κ3) is 4.17. The molecular weight excluding hydrogens is 355 g/mol. The molecule has 27 heavy (non-hydrogen) atoms. The van der Waals surface area contributed by atoms with Gasteiger partial charge in [0.05, 0.1) is 7.11 Å². The Kier molecular flexibility index (Phi) is 6.02. The average molecular weight is 368 g/mol. The molecule has 1 N–H and O–H groups in total. The number of methoxy groups -OCH3 is 1. The van der Waals surface area contributed by atoms with Gasteiger partial charge in [0, 0.05) is 18.1 Å². The van der Waals surface area contributed by atoms with E-state index in [0.29, 0.717) is 0 Å². The van der Waals surface area contributed by atoms with E-state index in [0.717, 1.165) is 6.92 Å². The molecule has 0 saturated heterocycles. The minimum absolute atomic E-state index is 0.0261. The first-order chi connectivity index (χ1) is 12.9. The number of benzene rings is 1. The number of amides is 1. The van der Waals surface area contributed by atoms with Crippen LogP contribution in [-0.2, 0) is 14.3 Å². The van der Waals surface area contributed by atoms with E-state index >= 15 is 0 Å². The third-order valence-corrected chi connectivity index (χ3v) is 3.39. The zero-order chi connectivity index (χ0) is 20.0. The average Bonchev–Trinajstić information content (AvgIpc) is 2.65. The Balaban J connectivity index is 2.67. The second-order valence-electron chi connectivity index (χ2n) is 5.13. The van der Waals surface area contributed by atoms with E-state index in [1.807, 2.05) is 12.1 Å². The normalized spacial score (nSPS) is 9.67. The summed E-state index contributed by atoms with van der Waals surface area (Å²) in [5.41, 5.74) is -0.472. The molecule has 0 aliphatic carbocycles. The van der Waals surface area contributed by atoms with Crippen LogP contribution in [0, 0.1) is 28.5 Å². The second kappa shape index (κ2) is 8.41. The van der Waals surface area contributed by atoms with Gasteiger partial charge in [-0.05, 0) is 6.07 Å². The van der Waals surface area contributed by atoms with Crippen molar-refractivity contribution in [3.05, 3.63) is 41.2 Å². The smallest absolute Gasteiger partial charge is 0.303 e. The Morgan fingerprint density at radius 1 is 1.22 bits per heavy atom. The van der Waals surface area contributed by atoms with Crippen LogP contribution in [0.5, 0.6) is 5.88 Å². The number of aromatic nitrogens is 1. The summed E-state index contributed by atoms with van der Waals surface area (Å²) in [6.45, 7) is 0.534. The number of rotatable bonds is 5. The first-order valence-electron chi connectivity index (χ1n) is 7.53. The van der Waals surface area contributed by atoms with Crippen LogP contribution in [0.3, 0.4) is 0 Å². The molecule has 0 bridgehead atoms. The highest BCUT2D eigenvalue weighted by molar-refractivity contribution is 5.95. The summed E-state index contributed by atoms with van der Waals surface area (Å²) in [6, 6.07) is 9.22. The molecule has 1 aromatic carbocycles. The number of nitrogens with one attached hydrogen (secondary N) is 1. The fourth-order valence-electron chi connectivity index (χ4n) is 2.28. The molecule has 1 amide bonds. The quantitative estimate of drug-likeness (QED) is 0.801. The Morgan fingerprint density at radius 2 is 1.89 bits per heavy atom. The highest BCUT2D eigenvalue weighted by Gasteiger charge is 2.24. The maximum atomic E-state index is 14.3. The van der Waals surface area contributed by atoms with Gasteiger partial charge in [-0.2, -0.15) is 15.5 Å². The first kappa shape index (κ1) is 19.3. The van der Waals surface area contributed by atoms with E-state index in [4.69, 9.17) is 4.74 Å². The van der Waals surface area contributed by atoms with Gasteiger partial charge in [-0.15, -0.1) is 0 Å². The van der Waals surface area contributed by atoms with Crippen molar-refractivity contribution in [2.45, 2.75) is 6.92 Å². The lowest BCUT2D eigenvalue weighted by atomic mass is 9.96. The summed E-state index contributed by atoms with van der Waals surface area (Å²) in [6.07, 6.45) is 0. The van der Waals surface area contributed by atoms with Crippen molar-refractivity contribution in [2.24, 2.45) is 0 Å². The molecule has 1 heterocycles. The SMILES string of the molecule is COc1nc(NC(=O)COC(C)=O)c(C#N)c(-c2ccccc2F)c1C#N. The Morgan fingerprint density at radius 3 is 2.44 bits per heavy atom. The molecule has 0 saturated carbocycles. The topological polar surface area (TPSA) is 125 Å². The number of nitrogens with zero attached hydrogens (tertiary/aromatic N) is 3. The number of hydrogen-bond acceptors (Lipinski definition) is 7. The predicted octanol–water partition coefficient (Wildman–Crippen LogP) is 2.14. The van der Waals surface area contributed by atoms with E-state index < -0.39 is 24.3 Å². The van der Waals surface area contributed by atoms with Gasteiger partial charge in [0.2, 0.25) is 5.88 Å². The van der Waals surface area contributed by atoms with Crippen LogP contribution in [0.15, 0.2) is 24.3 Å². The summed E-state index contributed by atoms with van der Waals surface area (Å²) in [5, 5.41) is 21.4. The molecule has 136 valence electrons. The molecule has 9 heteroatoms. The van der Waals surface area contributed by atoms with Crippen LogP contribution in [0.1, 0.15) is 18.1 Å². The van der Waals surface area contributed by atoms with Crippen LogP contribution in [-0.4, -0.2) is 30.6 Å². The largest absolute Gasteiger partial charge is 0.480 e. The van der Waals surface area contributed by atoms with Gasteiger partial charge in [-0.1, -0.05) is 18.2 Å². The van der Waals surface area contributed by atoms with Crippen LogP contribution < -0.4 is 10.1 Å². The molecule has 0 aliphatic rings. The summed E-state index contributed by atoms with van der Waals surface area (Å²) in [4.78, 5) is 26.7. The van der Waals surface area contributed by atoms with Crippen molar-refractivity contribution in [1.82, 2.24) is 4.98 Å².